The van der Waals surface area contributed by atoms with Crippen LogP contribution in [0.25, 0.3) is 0 Å². The molecule has 29 heavy (non-hydrogen) atoms. The van der Waals surface area contributed by atoms with Gasteiger partial charge in [0, 0.05) is 42.2 Å². The molecule has 0 aliphatic heterocycles. The lowest BCUT2D eigenvalue weighted by Crippen LogP contribution is -2.17. The Morgan fingerprint density at radius 1 is 1.21 bits per heavy atom. The number of pyridine rings is 1. The number of nitrogens with zero attached hydrogens (tertiary/aromatic N) is 2. The van der Waals surface area contributed by atoms with Crippen molar-refractivity contribution in [1.82, 2.24) is 15.2 Å². The summed E-state index contributed by atoms with van der Waals surface area (Å²) in [5, 5.41) is 9.75. The van der Waals surface area contributed by atoms with Gasteiger partial charge in [-0.1, -0.05) is 6.07 Å². The van der Waals surface area contributed by atoms with Crippen molar-refractivity contribution in [2.45, 2.75) is 26.3 Å². The zero-order chi connectivity index (χ0) is 21.0. The number of carbonyl (C=O) groups is 1. The van der Waals surface area contributed by atoms with Crippen LogP contribution in [0, 0.1) is 6.92 Å². The Morgan fingerprint density at radius 2 is 2.00 bits per heavy atom. The first kappa shape index (κ1) is 20.2. The van der Waals surface area contributed by atoms with Gasteiger partial charge in [-0.2, -0.15) is 5.10 Å². The summed E-state index contributed by atoms with van der Waals surface area (Å²) in [6.45, 7) is 3.10. The number of carbonyl (C=O) groups excluding carboxylic acids is 1. The van der Waals surface area contributed by atoms with Crippen molar-refractivity contribution >= 4 is 17.5 Å². The van der Waals surface area contributed by atoms with Gasteiger partial charge in [0.05, 0.1) is 5.69 Å². The SMILES string of the molecule is CC(=O)OC(c1ccnc(C)c1)c1cc(Nc2cccc(OC(F)(F)F)c2)n[nH]1. The van der Waals surface area contributed by atoms with Crippen molar-refractivity contribution in [2.24, 2.45) is 0 Å². The molecule has 152 valence electrons. The van der Waals surface area contributed by atoms with Gasteiger partial charge in [0.25, 0.3) is 0 Å². The number of alkyl halides is 3. The molecule has 2 N–H and O–H groups in total. The lowest BCUT2D eigenvalue weighted by Gasteiger charge is -2.16. The van der Waals surface area contributed by atoms with Gasteiger partial charge < -0.3 is 14.8 Å². The lowest BCUT2D eigenvalue weighted by molar-refractivity contribution is -0.274. The Bertz CT molecular complexity index is 1000. The van der Waals surface area contributed by atoms with Crippen LogP contribution in [0.4, 0.5) is 24.7 Å². The maximum atomic E-state index is 12.4. The second-order valence-corrected chi connectivity index (χ2v) is 6.13. The van der Waals surface area contributed by atoms with Gasteiger partial charge in [-0.15, -0.1) is 13.2 Å². The van der Waals surface area contributed by atoms with Crippen LogP contribution in [0.15, 0.2) is 48.7 Å². The molecule has 0 radical (unpaired) electrons. The van der Waals surface area contributed by atoms with Crippen LogP contribution in [-0.4, -0.2) is 27.5 Å². The van der Waals surface area contributed by atoms with Crippen LogP contribution in [0.5, 0.6) is 5.75 Å². The molecule has 3 aromatic rings. The maximum absolute atomic E-state index is 12.4. The molecule has 2 aromatic heterocycles. The number of aromatic nitrogens is 3. The average molecular weight is 406 g/mol. The number of aromatic amines is 1. The Kier molecular flexibility index (Phi) is 5.71. The topological polar surface area (TPSA) is 89.1 Å². The Balaban J connectivity index is 1.81. The van der Waals surface area contributed by atoms with Gasteiger partial charge in [0.15, 0.2) is 11.9 Å². The number of aryl methyl sites for hydroxylation is 1. The van der Waals surface area contributed by atoms with E-state index in [1.807, 2.05) is 6.92 Å². The van der Waals surface area contributed by atoms with Crippen molar-refractivity contribution < 1.29 is 27.4 Å². The average Bonchev–Trinajstić information content (AvgIpc) is 3.06. The van der Waals surface area contributed by atoms with E-state index in [0.717, 1.165) is 5.69 Å². The molecule has 0 fully saturated rings. The molecular weight excluding hydrogens is 389 g/mol. The molecule has 1 aromatic carbocycles. The summed E-state index contributed by atoms with van der Waals surface area (Å²) < 4.78 is 46.4. The van der Waals surface area contributed by atoms with Gasteiger partial charge in [-0.05, 0) is 31.2 Å². The van der Waals surface area contributed by atoms with Gasteiger partial charge >= 0.3 is 12.3 Å². The summed E-state index contributed by atoms with van der Waals surface area (Å²) >= 11 is 0. The molecule has 10 heteroatoms. The summed E-state index contributed by atoms with van der Waals surface area (Å²) in [7, 11) is 0. The molecule has 0 aliphatic rings. The van der Waals surface area contributed by atoms with E-state index in [-0.39, 0.29) is 5.75 Å². The first-order valence-corrected chi connectivity index (χ1v) is 8.47. The van der Waals surface area contributed by atoms with Gasteiger partial charge in [0.1, 0.15) is 5.75 Å². The highest BCUT2D eigenvalue weighted by atomic mass is 19.4. The number of esters is 1. The minimum Gasteiger partial charge on any atom is -0.451 e. The summed E-state index contributed by atoms with van der Waals surface area (Å²) in [6.07, 6.45) is -3.92. The van der Waals surface area contributed by atoms with Crippen molar-refractivity contribution in [1.29, 1.82) is 0 Å². The number of rotatable bonds is 6. The third kappa shape index (κ3) is 5.71. The van der Waals surface area contributed by atoms with Crippen LogP contribution >= 0.6 is 0 Å². The molecule has 2 heterocycles. The number of hydrogen-bond donors (Lipinski definition) is 2. The first-order valence-electron chi connectivity index (χ1n) is 8.47. The van der Waals surface area contributed by atoms with Crippen LogP contribution in [-0.2, 0) is 9.53 Å². The fourth-order valence-corrected chi connectivity index (χ4v) is 2.66. The number of ether oxygens (including phenoxy) is 2. The third-order valence-corrected chi connectivity index (χ3v) is 3.73. The zero-order valence-electron chi connectivity index (χ0n) is 15.4. The Hall–Kier alpha value is -3.56. The van der Waals surface area contributed by atoms with Gasteiger partial charge in [-0.25, -0.2) is 0 Å². The van der Waals surface area contributed by atoms with Crippen LogP contribution in [0.1, 0.15) is 30.0 Å². The predicted molar refractivity (Wildman–Crippen MR) is 97.6 cm³/mol. The second kappa shape index (κ2) is 8.21. The standard InChI is InChI=1S/C19H17F3N4O3/c1-11-8-13(6-7-23-11)18(28-12(2)27)16-10-17(26-25-16)24-14-4-3-5-15(9-14)29-19(20,21)22/h3-10,18H,1-2H3,(H2,24,25,26). The Morgan fingerprint density at radius 3 is 2.69 bits per heavy atom. The summed E-state index contributed by atoms with van der Waals surface area (Å²) in [5.41, 5.74) is 2.27. The number of halogens is 3. The van der Waals surface area contributed by atoms with Crippen LogP contribution in [0.2, 0.25) is 0 Å². The largest absolute Gasteiger partial charge is 0.573 e. The minimum absolute atomic E-state index is 0.326. The van der Waals surface area contributed by atoms with Gasteiger partial charge in [-0.3, -0.25) is 14.9 Å². The summed E-state index contributed by atoms with van der Waals surface area (Å²) in [4.78, 5) is 15.7. The molecule has 7 nitrogen and oxygen atoms in total. The molecule has 0 aliphatic carbocycles. The van der Waals surface area contributed by atoms with E-state index in [2.05, 4.69) is 25.2 Å². The van der Waals surface area contributed by atoms with E-state index < -0.39 is 18.4 Å². The van der Waals surface area contributed by atoms with E-state index >= 15 is 0 Å². The van der Waals surface area contributed by atoms with Crippen molar-refractivity contribution in [3.63, 3.8) is 0 Å². The third-order valence-electron chi connectivity index (χ3n) is 3.73. The van der Waals surface area contributed by atoms with E-state index in [1.54, 1.807) is 30.5 Å². The highest BCUT2D eigenvalue weighted by molar-refractivity contribution is 5.67. The highest BCUT2D eigenvalue weighted by Gasteiger charge is 2.31. The molecule has 1 unspecified atom stereocenters. The second-order valence-electron chi connectivity index (χ2n) is 6.13. The lowest BCUT2D eigenvalue weighted by atomic mass is 10.1. The number of hydrogen-bond acceptors (Lipinski definition) is 6. The van der Waals surface area contributed by atoms with Crippen molar-refractivity contribution in [2.75, 3.05) is 5.32 Å². The van der Waals surface area contributed by atoms with E-state index in [9.17, 15) is 18.0 Å². The summed E-state index contributed by atoms with van der Waals surface area (Å²) in [6, 6.07) is 10.5. The van der Waals surface area contributed by atoms with Crippen molar-refractivity contribution in [3.8, 4) is 5.75 Å². The highest BCUT2D eigenvalue weighted by Crippen LogP contribution is 2.29. The molecule has 0 bridgehead atoms. The number of H-pyrrole nitrogens is 1. The molecule has 0 amide bonds. The summed E-state index contributed by atoms with van der Waals surface area (Å²) in [5.74, 6) is -0.513. The minimum atomic E-state index is -4.78. The molecule has 0 saturated carbocycles. The van der Waals surface area contributed by atoms with Crippen molar-refractivity contribution in [3.05, 3.63) is 65.6 Å². The van der Waals surface area contributed by atoms with E-state index in [1.165, 1.54) is 25.1 Å². The monoisotopic (exact) mass is 406 g/mol. The number of anilines is 2. The Labute approximate surface area is 163 Å². The first-order chi connectivity index (χ1) is 13.7. The van der Waals surface area contributed by atoms with E-state index in [4.69, 9.17) is 4.74 Å². The maximum Gasteiger partial charge on any atom is 0.573 e. The van der Waals surface area contributed by atoms with Gasteiger partial charge in [0.2, 0.25) is 0 Å². The number of nitrogens with one attached hydrogen (secondary N) is 2. The smallest absolute Gasteiger partial charge is 0.451 e. The van der Waals surface area contributed by atoms with Crippen LogP contribution in [0.3, 0.4) is 0 Å². The molecule has 0 saturated heterocycles. The fraction of sp³-hybridized carbons (Fsp3) is 0.211. The predicted octanol–water partition coefficient (Wildman–Crippen LogP) is 4.41. The number of benzene rings is 1. The van der Waals surface area contributed by atoms with Crippen LogP contribution < -0.4 is 10.1 Å². The fourth-order valence-electron chi connectivity index (χ4n) is 2.66. The zero-order valence-corrected chi connectivity index (χ0v) is 15.4. The van der Waals surface area contributed by atoms with E-state index in [0.29, 0.717) is 22.8 Å². The molecule has 1 atom stereocenters. The molecule has 0 spiro atoms. The quantitative estimate of drug-likeness (QED) is 0.590. The molecular formula is C19H17F3N4O3. The molecule has 3 rings (SSSR count). The normalized spacial score (nSPS) is 12.3.